The predicted molar refractivity (Wildman–Crippen MR) is 118 cm³/mol. The second-order valence-corrected chi connectivity index (χ2v) is 7.75. The number of aliphatic hydroxyl groups excluding tert-OH is 1. The smallest absolute Gasteiger partial charge is 0.407 e. The molecule has 8 nitrogen and oxygen atoms in total. The van der Waals surface area contributed by atoms with Gasteiger partial charge >= 0.3 is 12.1 Å². The highest BCUT2D eigenvalue weighted by molar-refractivity contribution is 5.89. The Hall–Kier alpha value is -3.39. The first-order valence-corrected chi connectivity index (χ1v) is 10.7. The van der Waals surface area contributed by atoms with Gasteiger partial charge in [-0.3, -0.25) is 9.59 Å². The number of hydrogen-bond donors (Lipinski definition) is 4. The van der Waals surface area contributed by atoms with Gasteiger partial charge in [0.1, 0.15) is 12.6 Å². The van der Waals surface area contributed by atoms with Gasteiger partial charge in [0.05, 0.1) is 6.42 Å². The van der Waals surface area contributed by atoms with E-state index in [0.717, 1.165) is 22.3 Å². The minimum Gasteiger partial charge on any atom is -0.481 e. The second-order valence-electron chi connectivity index (χ2n) is 7.75. The van der Waals surface area contributed by atoms with E-state index in [1.807, 2.05) is 55.5 Å². The van der Waals surface area contributed by atoms with Crippen molar-refractivity contribution in [3.05, 3.63) is 59.7 Å². The number of carboxylic acid groups (broad SMARTS) is 1. The molecule has 0 heterocycles. The van der Waals surface area contributed by atoms with Crippen LogP contribution < -0.4 is 10.6 Å². The number of rotatable bonds is 10. The molecule has 8 heteroatoms. The topological polar surface area (TPSA) is 125 Å². The normalized spacial score (nSPS) is 14.1. The molecule has 4 N–H and O–H groups in total. The van der Waals surface area contributed by atoms with E-state index in [4.69, 9.17) is 14.9 Å². The quantitative estimate of drug-likeness (QED) is 0.450. The average Bonchev–Trinajstić information content (AvgIpc) is 3.10. The Kier molecular flexibility index (Phi) is 7.83. The minimum atomic E-state index is -1.28. The summed E-state index contributed by atoms with van der Waals surface area (Å²) in [6, 6.07) is 14.2. The number of aliphatic carboxylic acids is 1. The summed E-state index contributed by atoms with van der Waals surface area (Å²) in [5, 5.41) is 23.3. The molecule has 2 atom stereocenters. The molecule has 2 aromatic carbocycles. The summed E-state index contributed by atoms with van der Waals surface area (Å²) in [4.78, 5) is 36.2. The SMILES string of the molecule is CCC(CCO)NC(=O)C(CC(=O)O)NC(=O)OCC1c2ccccc2-c2ccccc21. The Morgan fingerprint density at radius 2 is 1.59 bits per heavy atom. The molecule has 0 saturated carbocycles. The van der Waals surface area contributed by atoms with Gasteiger partial charge in [-0.1, -0.05) is 55.5 Å². The molecule has 0 spiro atoms. The average molecular weight is 440 g/mol. The van der Waals surface area contributed by atoms with Crippen molar-refractivity contribution >= 4 is 18.0 Å². The molecule has 0 aromatic heterocycles. The van der Waals surface area contributed by atoms with Gasteiger partial charge in [0.25, 0.3) is 0 Å². The van der Waals surface area contributed by atoms with Crippen LogP contribution in [-0.4, -0.2) is 53.5 Å². The zero-order valence-electron chi connectivity index (χ0n) is 17.9. The van der Waals surface area contributed by atoms with Gasteiger partial charge in [0.15, 0.2) is 0 Å². The second kappa shape index (κ2) is 10.8. The predicted octanol–water partition coefficient (Wildman–Crippen LogP) is 2.65. The largest absolute Gasteiger partial charge is 0.481 e. The number of fused-ring (bicyclic) bond motifs is 3. The van der Waals surface area contributed by atoms with Crippen LogP contribution in [0.2, 0.25) is 0 Å². The van der Waals surface area contributed by atoms with Crippen LogP contribution in [0.1, 0.15) is 43.2 Å². The highest BCUT2D eigenvalue weighted by Crippen LogP contribution is 2.44. The molecule has 3 rings (SSSR count). The van der Waals surface area contributed by atoms with Crippen molar-refractivity contribution in [3.63, 3.8) is 0 Å². The maximum Gasteiger partial charge on any atom is 0.407 e. The van der Waals surface area contributed by atoms with Gasteiger partial charge < -0.3 is 25.6 Å². The van der Waals surface area contributed by atoms with Crippen LogP contribution in [0.4, 0.5) is 4.79 Å². The molecule has 0 saturated heterocycles. The fourth-order valence-electron chi connectivity index (χ4n) is 4.00. The third-order valence-corrected chi connectivity index (χ3v) is 5.65. The number of alkyl carbamates (subject to hydrolysis) is 1. The standard InChI is InChI=1S/C24H28N2O6/c1-2-15(11-12-27)25-23(30)21(13-22(28)29)26-24(31)32-14-20-18-9-5-3-7-16(18)17-8-4-6-10-19(17)20/h3-10,15,20-21,27H,2,11-14H2,1H3,(H,25,30)(H,26,31)(H,28,29). The van der Waals surface area contributed by atoms with E-state index in [-0.39, 0.29) is 25.2 Å². The van der Waals surface area contributed by atoms with Gasteiger partial charge in [-0.15, -0.1) is 0 Å². The van der Waals surface area contributed by atoms with Gasteiger partial charge in [-0.2, -0.15) is 0 Å². The molecule has 0 aliphatic heterocycles. The Morgan fingerprint density at radius 1 is 1.00 bits per heavy atom. The van der Waals surface area contributed by atoms with E-state index < -0.39 is 30.4 Å². The number of carbonyl (C=O) groups excluding carboxylic acids is 2. The van der Waals surface area contributed by atoms with Crippen molar-refractivity contribution < 1.29 is 29.3 Å². The minimum absolute atomic E-state index is 0.0589. The first kappa shape index (κ1) is 23.3. The number of benzene rings is 2. The number of hydrogen-bond acceptors (Lipinski definition) is 5. The summed E-state index contributed by atoms with van der Waals surface area (Å²) >= 11 is 0. The van der Waals surface area contributed by atoms with Crippen molar-refractivity contribution in [3.8, 4) is 11.1 Å². The number of nitrogens with one attached hydrogen (secondary N) is 2. The van der Waals surface area contributed by atoms with Crippen LogP contribution in [0.5, 0.6) is 0 Å². The number of aliphatic hydroxyl groups is 1. The third-order valence-electron chi connectivity index (χ3n) is 5.65. The summed E-state index contributed by atoms with van der Waals surface area (Å²) in [5.41, 5.74) is 4.29. The molecular weight excluding hydrogens is 412 g/mol. The number of carboxylic acids is 1. The van der Waals surface area contributed by atoms with Gasteiger partial charge in [-0.25, -0.2) is 4.79 Å². The van der Waals surface area contributed by atoms with E-state index in [1.54, 1.807) is 0 Å². The van der Waals surface area contributed by atoms with E-state index in [0.29, 0.717) is 12.8 Å². The van der Waals surface area contributed by atoms with E-state index >= 15 is 0 Å². The Bertz CT molecular complexity index is 931. The van der Waals surface area contributed by atoms with Crippen molar-refractivity contribution in [1.29, 1.82) is 0 Å². The molecule has 2 unspecified atom stereocenters. The van der Waals surface area contributed by atoms with Crippen LogP contribution in [0.25, 0.3) is 11.1 Å². The van der Waals surface area contributed by atoms with Crippen LogP contribution in [0, 0.1) is 0 Å². The van der Waals surface area contributed by atoms with Crippen LogP contribution in [0.3, 0.4) is 0 Å². The lowest BCUT2D eigenvalue weighted by atomic mass is 9.98. The molecule has 2 amide bonds. The molecule has 0 fully saturated rings. The molecule has 0 bridgehead atoms. The molecule has 1 aliphatic rings. The van der Waals surface area contributed by atoms with Gasteiger partial charge in [-0.05, 0) is 35.1 Å². The van der Waals surface area contributed by atoms with Crippen LogP contribution in [-0.2, 0) is 14.3 Å². The van der Waals surface area contributed by atoms with Crippen molar-refractivity contribution in [2.24, 2.45) is 0 Å². The first-order valence-electron chi connectivity index (χ1n) is 10.7. The molecule has 2 aromatic rings. The van der Waals surface area contributed by atoms with Crippen LogP contribution in [0.15, 0.2) is 48.5 Å². The molecule has 0 radical (unpaired) electrons. The summed E-state index contributed by atoms with van der Waals surface area (Å²) in [6.07, 6.45) is -0.529. The van der Waals surface area contributed by atoms with Crippen molar-refractivity contribution in [2.45, 2.75) is 44.2 Å². The van der Waals surface area contributed by atoms with E-state index in [1.165, 1.54) is 0 Å². The molecule has 32 heavy (non-hydrogen) atoms. The lowest BCUT2D eigenvalue weighted by Gasteiger charge is -2.22. The Morgan fingerprint density at radius 3 is 2.12 bits per heavy atom. The first-order chi connectivity index (χ1) is 15.4. The Balaban J connectivity index is 1.65. The summed E-state index contributed by atoms with van der Waals surface area (Å²) in [7, 11) is 0. The van der Waals surface area contributed by atoms with Crippen LogP contribution >= 0.6 is 0 Å². The number of carbonyl (C=O) groups is 3. The molecule has 170 valence electrons. The van der Waals surface area contributed by atoms with Gasteiger partial charge in [0.2, 0.25) is 5.91 Å². The third kappa shape index (κ3) is 5.45. The molecule has 1 aliphatic carbocycles. The lowest BCUT2D eigenvalue weighted by Crippen LogP contribution is -2.50. The fourth-order valence-corrected chi connectivity index (χ4v) is 4.00. The summed E-state index contributed by atoms with van der Waals surface area (Å²) in [5.74, 6) is -1.99. The summed E-state index contributed by atoms with van der Waals surface area (Å²) < 4.78 is 5.42. The zero-order valence-corrected chi connectivity index (χ0v) is 17.9. The maximum atomic E-state index is 12.5. The van der Waals surface area contributed by atoms with Crippen molar-refractivity contribution in [2.75, 3.05) is 13.2 Å². The van der Waals surface area contributed by atoms with Crippen molar-refractivity contribution in [1.82, 2.24) is 10.6 Å². The number of ether oxygens (including phenoxy) is 1. The lowest BCUT2D eigenvalue weighted by molar-refractivity contribution is -0.140. The number of amides is 2. The molecular formula is C24H28N2O6. The van der Waals surface area contributed by atoms with E-state index in [9.17, 15) is 14.4 Å². The summed E-state index contributed by atoms with van der Waals surface area (Å²) in [6.45, 7) is 1.79. The van der Waals surface area contributed by atoms with Gasteiger partial charge in [0, 0.05) is 18.6 Å². The fraction of sp³-hybridized carbons (Fsp3) is 0.375. The maximum absolute atomic E-state index is 12.5. The van der Waals surface area contributed by atoms with E-state index in [2.05, 4.69) is 10.6 Å². The highest BCUT2D eigenvalue weighted by Gasteiger charge is 2.30. The monoisotopic (exact) mass is 440 g/mol. The highest BCUT2D eigenvalue weighted by atomic mass is 16.5. The Labute approximate surface area is 186 Å². The zero-order chi connectivity index (χ0) is 23.1.